The molecule has 0 saturated heterocycles. The molecule has 4 aromatic rings. The molecule has 31 heavy (non-hydrogen) atoms. The van der Waals surface area contributed by atoms with Crippen LogP contribution in [-0.2, 0) is 6.42 Å². The second-order valence-electron chi connectivity index (χ2n) is 8.44. The first kappa shape index (κ1) is 19.5. The van der Waals surface area contributed by atoms with E-state index >= 15 is 0 Å². The van der Waals surface area contributed by atoms with Crippen molar-refractivity contribution in [2.24, 2.45) is 0 Å². The van der Waals surface area contributed by atoms with Gasteiger partial charge in [0.15, 0.2) is 0 Å². The molecular weight excluding hydrogens is 399 g/mol. The first-order valence-electron chi connectivity index (χ1n) is 10.2. The minimum absolute atomic E-state index is 0.000551. The maximum Gasteiger partial charge on any atom is 0.257 e. The van der Waals surface area contributed by atoms with Gasteiger partial charge in [0, 0.05) is 31.6 Å². The number of benzene rings is 1. The van der Waals surface area contributed by atoms with E-state index in [0.29, 0.717) is 52.5 Å². The summed E-state index contributed by atoms with van der Waals surface area (Å²) in [4.78, 5) is 31.1. The number of nitrogens with zero attached hydrogens (tertiary/aromatic N) is 4. The first-order chi connectivity index (χ1) is 14.8. The van der Waals surface area contributed by atoms with Crippen LogP contribution in [0, 0.1) is 12.7 Å². The predicted octanol–water partition coefficient (Wildman–Crippen LogP) is 3.83. The van der Waals surface area contributed by atoms with Crippen molar-refractivity contribution in [3.8, 4) is 0 Å². The van der Waals surface area contributed by atoms with Crippen molar-refractivity contribution in [2.75, 3.05) is 18.9 Å². The van der Waals surface area contributed by atoms with E-state index in [0.717, 1.165) is 18.4 Å². The fourth-order valence-corrected chi connectivity index (χ4v) is 3.71. The third-order valence-corrected chi connectivity index (χ3v) is 5.82. The standard InChI is InChI=1S/C22H23FN6O2/c1-12-17(18-19(28-22(2)7-8-22)24-11-25-20(18)31-12)21(30)29(3)9-6-16-26-14-5-4-13(23)10-15(14)27-16/h4-5,10-11H,6-9H2,1-3H3,(H,26,27)(H,24,25,28). The topological polar surface area (TPSA) is 99.9 Å². The Morgan fingerprint density at radius 2 is 2.16 bits per heavy atom. The molecule has 0 atom stereocenters. The largest absolute Gasteiger partial charge is 0.442 e. The van der Waals surface area contributed by atoms with E-state index < -0.39 is 0 Å². The molecule has 1 saturated carbocycles. The summed E-state index contributed by atoms with van der Waals surface area (Å²) in [6.45, 7) is 4.32. The zero-order valence-electron chi connectivity index (χ0n) is 17.6. The van der Waals surface area contributed by atoms with Crippen molar-refractivity contribution in [1.82, 2.24) is 24.8 Å². The SMILES string of the molecule is Cc1oc2ncnc(NC3(C)CC3)c2c1C(=O)N(C)CCc1nc2cc(F)ccc2[nH]1. The summed E-state index contributed by atoms with van der Waals surface area (Å²) in [7, 11) is 1.74. The third-order valence-electron chi connectivity index (χ3n) is 5.82. The lowest BCUT2D eigenvalue weighted by atomic mass is 10.1. The number of amides is 1. The van der Waals surface area contributed by atoms with Crippen molar-refractivity contribution >= 4 is 33.9 Å². The number of furan rings is 1. The Bertz CT molecular complexity index is 1310. The summed E-state index contributed by atoms with van der Waals surface area (Å²) in [6.07, 6.45) is 4.06. The highest BCUT2D eigenvalue weighted by Gasteiger charge is 2.38. The molecule has 0 aliphatic heterocycles. The average molecular weight is 422 g/mol. The molecule has 1 aliphatic carbocycles. The Hall–Kier alpha value is -3.49. The number of carbonyl (C=O) groups is 1. The second kappa shape index (κ2) is 7.04. The first-order valence-corrected chi connectivity index (χ1v) is 10.2. The molecule has 1 aliphatic rings. The van der Waals surface area contributed by atoms with Crippen LogP contribution < -0.4 is 5.32 Å². The molecule has 1 aromatic carbocycles. The Balaban J connectivity index is 1.39. The Morgan fingerprint density at radius 1 is 1.35 bits per heavy atom. The molecule has 1 amide bonds. The highest BCUT2D eigenvalue weighted by molar-refractivity contribution is 6.10. The Kier molecular flexibility index (Phi) is 4.42. The molecular formula is C22H23FN6O2. The van der Waals surface area contributed by atoms with Gasteiger partial charge in [-0.25, -0.2) is 19.3 Å². The van der Waals surface area contributed by atoms with Crippen LogP contribution in [0.2, 0.25) is 0 Å². The van der Waals surface area contributed by atoms with Gasteiger partial charge in [0.1, 0.15) is 29.5 Å². The number of imidazole rings is 1. The molecule has 8 nitrogen and oxygen atoms in total. The molecule has 3 aromatic heterocycles. The van der Waals surface area contributed by atoms with Crippen LogP contribution in [0.3, 0.4) is 0 Å². The zero-order valence-corrected chi connectivity index (χ0v) is 17.6. The zero-order chi connectivity index (χ0) is 21.8. The van der Waals surface area contributed by atoms with Gasteiger partial charge in [-0.2, -0.15) is 0 Å². The summed E-state index contributed by atoms with van der Waals surface area (Å²) < 4.78 is 19.2. The third kappa shape index (κ3) is 3.60. The molecule has 3 heterocycles. The Labute approximate surface area is 177 Å². The quantitative estimate of drug-likeness (QED) is 0.490. The monoisotopic (exact) mass is 422 g/mol. The number of halogens is 1. The molecule has 2 N–H and O–H groups in total. The predicted molar refractivity (Wildman–Crippen MR) is 115 cm³/mol. The average Bonchev–Trinajstić information content (AvgIpc) is 3.17. The Morgan fingerprint density at radius 3 is 2.94 bits per heavy atom. The van der Waals surface area contributed by atoms with Gasteiger partial charge in [0.2, 0.25) is 5.71 Å². The number of aromatic amines is 1. The number of nitrogens with one attached hydrogen (secondary N) is 2. The van der Waals surface area contributed by atoms with E-state index in [9.17, 15) is 9.18 Å². The van der Waals surface area contributed by atoms with Crippen LogP contribution in [0.4, 0.5) is 10.2 Å². The van der Waals surface area contributed by atoms with Gasteiger partial charge < -0.3 is 19.6 Å². The molecule has 0 unspecified atom stereocenters. The van der Waals surface area contributed by atoms with E-state index in [-0.39, 0.29) is 17.3 Å². The van der Waals surface area contributed by atoms with Crippen LogP contribution in [0.1, 0.15) is 41.7 Å². The molecule has 5 rings (SSSR count). The number of hydrogen-bond donors (Lipinski definition) is 2. The van der Waals surface area contributed by atoms with E-state index in [1.165, 1.54) is 18.5 Å². The molecule has 0 radical (unpaired) electrons. The molecule has 1 fully saturated rings. The van der Waals surface area contributed by atoms with E-state index in [4.69, 9.17) is 4.42 Å². The van der Waals surface area contributed by atoms with Crippen molar-refractivity contribution in [2.45, 2.75) is 38.6 Å². The minimum Gasteiger partial charge on any atom is -0.442 e. The van der Waals surface area contributed by atoms with Crippen LogP contribution in [0.5, 0.6) is 0 Å². The molecule has 0 bridgehead atoms. The van der Waals surface area contributed by atoms with Crippen LogP contribution in [0.15, 0.2) is 28.9 Å². The fraction of sp³-hybridized carbons (Fsp3) is 0.364. The van der Waals surface area contributed by atoms with Crippen LogP contribution in [0.25, 0.3) is 22.1 Å². The summed E-state index contributed by atoms with van der Waals surface area (Å²) in [5.74, 6) is 1.33. The summed E-state index contributed by atoms with van der Waals surface area (Å²) in [6, 6.07) is 4.44. The molecule has 0 spiro atoms. The lowest BCUT2D eigenvalue weighted by Crippen LogP contribution is -2.29. The van der Waals surface area contributed by atoms with Crippen molar-refractivity contribution in [3.63, 3.8) is 0 Å². The van der Waals surface area contributed by atoms with Gasteiger partial charge in [0.05, 0.1) is 22.0 Å². The normalized spacial score (nSPS) is 14.8. The maximum atomic E-state index is 13.4. The molecule has 9 heteroatoms. The number of aromatic nitrogens is 4. The van der Waals surface area contributed by atoms with Gasteiger partial charge in [-0.1, -0.05) is 0 Å². The highest BCUT2D eigenvalue weighted by atomic mass is 19.1. The number of rotatable bonds is 6. The summed E-state index contributed by atoms with van der Waals surface area (Å²) in [5, 5.41) is 4.05. The van der Waals surface area contributed by atoms with Gasteiger partial charge in [0.25, 0.3) is 5.91 Å². The van der Waals surface area contributed by atoms with Gasteiger partial charge in [-0.05, 0) is 38.8 Å². The lowest BCUT2D eigenvalue weighted by molar-refractivity contribution is 0.0796. The minimum atomic E-state index is -0.327. The number of aryl methyl sites for hydroxylation is 1. The second-order valence-corrected chi connectivity index (χ2v) is 8.44. The lowest BCUT2D eigenvalue weighted by Gasteiger charge is -2.17. The van der Waals surface area contributed by atoms with Crippen molar-refractivity contribution in [1.29, 1.82) is 0 Å². The van der Waals surface area contributed by atoms with E-state index in [1.807, 2.05) is 0 Å². The summed E-state index contributed by atoms with van der Waals surface area (Å²) >= 11 is 0. The summed E-state index contributed by atoms with van der Waals surface area (Å²) in [5.41, 5.74) is 2.21. The number of hydrogen-bond acceptors (Lipinski definition) is 6. The number of anilines is 1. The van der Waals surface area contributed by atoms with Crippen LogP contribution in [-0.4, -0.2) is 49.9 Å². The number of fused-ring (bicyclic) bond motifs is 2. The van der Waals surface area contributed by atoms with Gasteiger partial charge >= 0.3 is 0 Å². The van der Waals surface area contributed by atoms with E-state index in [1.54, 1.807) is 24.9 Å². The maximum absolute atomic E-state index is 13.4. The van der Waals surface area contributed by atoms with Crippen molar-refractivity contribution < 1.29 is 13.6 Å². The van der Waals surface area contributed by atoms with E-state index in [2.05, 4.69) is 32.2 Å². The van der Waals surface area contributed by atoms with Crippen LogP contribution >= 0.6 is 0 Å². The number of likely N-dealkylation sites (N-methyl/N-ethyl adjacent to an activating group) is 1. The highest BCUT2D eigenvalue weighted by Crippen LogP contribution is 2.40. The number of carbonyl (C=O) groups excluding carboxylic acids is 1. The molecule has 160 valence electrons. The fourth-order valence-electron chi connectivity index (χ4n) is 3.71. The van der Waals surface area contributed by atoms with Crippen molar-refractivity contribution in [3.05, 3.63) is 47.5 Å². The number of H-pyrrole nitrogens is 1. The smallest absolute Gasteiger partial charge is 0.257 e. The van der Waals surface area contributed by atoms with Gasteiger partial charge in [-0.3, -0.25) is 4.79 Å². The van der Waals surface area contributed by atoms with Gasteiger partial charge in [-0.15, -0.1) is 0 Å².